The molecule has 0 aliphatic carbocycles. The molecule has 6 heteroatoms. The van der Waals surface area contributed by atoms with Crippen molar-refractivity contribution in [3.8, 4) is 11.3 Å². The van der Waals surface area contributed by atoms with Crippen molar-refractivity contribution < 1.29 is 4.92 Å². The fourth-order valence-corrected chi connectivity index (χ4v) is 2.02. The summed E-state index contributed by atoms with van der Waals surface area (Å²) < 4.78 is 0. The first kappa shape index (κ1) is 13.9. The second-order valence-electron chi connectivity index (χ2n) is 4.49. The topological polar surface area (TPSA) is 81.0 Å². The minimum absolute atomic E-state index is 0.0442. The molecule has 0 aliphatic rings. The van der Waals surface area contributed by atoms with Crippen molar-refractivity contribution in [2.75, 3.05) is 11.9 Å². The maximum absolute atomic E-state index is 11.3. The largest absolute Gasteiger partial charge is 0.354 e. The van der Waals surface area contributed by atoms with Crippen molar-refractivity contribution in [2.45, 2.75) is 20.8 Å². The number of aromatic nitrogens is 2. The molecule has 1 N–H and O–H groups in total. The zero-order chi connectivity index (χ0) is 14.7. The van der Waals surface area contributed by atoms with Crippen LogP contribution in [0.3, 0.4) is 0 Å². The number of benzene rings is 1. The van der Waals surface area contributed by atoms with E-state index in [1.54, 1.807) is 6.92 Å². The summed E-state index contributed by atoms with van der Waals surface area (Å²) in [4.78, 5) is 19.3. The molecule has 2 rings (SSSR count). The van der Waals surface area contributed by atoms with Crippen molar-refractivity contribution in [3.05, 3.63) is 45.6 Å². The second kappa shape index (κ2) is 5.64. The van der Waals surface area contributed by atoms with Gasteiger partial charge in [-0.3, -0.25) is 10.1 Å². The van der Waals surface area contributed by atoms with Gasteiger partial charge in [-0.25, -0.2) is 9.97 Å². The molecule has 0 amide bonds. The van der Waals surface area contributed by atoms with E-state index in [9.17, 15) is 10.1 Å². The summed E-state index contributed by atoms with van der Waals surface area (Å²) in [5.41, 5.74) is 2.41. The van der Waals surface area contributed by atoms with Gasteiger partial charge < -0.3 is 5.32 Å². The number of nitrogens with one attached hydrogen (secondary N) is 1. The van der Waals surface area contributed by atoms with Crippen LogP contribution in [0.2, 0.25) is 0 Å². The number of nitrogens with zero attached hydrogens (tertiary/aromatic N) is 3. The van der Waals surface area contributed by atoms with Gasteiger partial charge in [-0.1, -0.05) is 23.8 Å². The normalized spacial score (nSPS) is 10.3. The summed E-state index contributed by atoms with van der Waals surface area (Å²) in [6, 6.07) is 7.50. The van der Waals surface area contributed by atoms with Gasteiger partial charge in [0.2, 0.25) is 5.95 Å². The molecular weight excluding hydrogens is 256 g/mol. The van der Waals surface area contributed by atoms with Crippen molar-refractivity contribution in [3.63, 3.8) is 0 Å². The molecular formula is C14H16N4O2. The molecule has 0 saturated heterocycles. The Balaban J connectivity index is 2.67. The third-order valence-corrected chi connectivity index (χ3v) is 2.87. The monoisotopic (exact) mass is 272 g/mol. The quantitative estimate of drug-likeness (QED) is 0.683. The molecule has 0 bridgehead atoms. The summed E-state index contributed by atoms with van der Waals surface area (Å²) >= 11 is 0. The Morgan fingerprint density at radius 1 is 1.30 bits per heavy atom. The molecule has 1 aromatic heterocycles. The van der Waals surface area contributed by atoms with Gasteiger partial charge in [-0.05, 0) is 26.8 Å². The van der Waals surface area contributed by atoms with E-state index in [4.69, 9.17) is 0 Å². The average Bonchev–Trinajstić information content (AvgIpc) is 2.37. The first-order chi connectivity index (χ1) is 9.52. The van der Waals surface area contributed by atoms with Crippen LogP contribution in [0.25, 0.3) is 11.3 Å². The van der Waals surface area contributed by atoms with Crippen LogP contribution in [0.15, 0.2) is 24.3 Å². The zero-order valence-corrected chi connectivity index (χ0v) is 11.7. The number of hydrogen-bond donors (Lipinski definition) is 1. The van der Waals surface area contributed by atoms with Gasteiger partial charge >= 0.3 is 5.69 Å². The summed E-state index contributed by atoms with van der Waals surface area (Å²) in [6.07, 6.45) is 0. The molecule has 6 nitrogen and oxygen atoms in total. The maximum Gasteiger partial charge on any atom is 0.316 e. The molecule has 0 unspecified atom stereocenters. The molecule has 0 saturated carbocycles. The lowest BCUT2D eigenvalue weighted by Crippen LogP contribution is -2.07. The van der Waals surface area contributed by atoms with Gasteiger partial charge in [-0.2, -0.15) is 0 Å². The van der Waals surface area contributed by atoms with Crippen molar-refractivity contribution in [1.29, 1.82) is 0 Å². The predicted octanol–water partition coefficient (Wildman–Crippen LogP) is 3.10. The Kier molecular flexibility index (Phi) is 3.93. The van der Waals surface area contributed by atoms with E-state index in [1.807, 2.05) is 38.1 Å². The Hall–Kier alpha value is -2.50. The summed E-state index contributed by atoms with van der Waals surface area (Å²) in [5, 5.41) is 14.3. The molecule has 1 aromatic carbocycles. The first-order valence-corrected chi connectivity index (χ1v) is 6.37. The zero-order valence-electron chi connectivity index (χ0n) is 11.7. The highest BCUT2D eigenvalue weighted by Gasteiger charge is 2.23. The molecule has 0 aliphatic heterocycles. The van der Waals surface area contributed by atoms with Crippen molar-refractivity contribution in [2.24, 2.45) is 0 Å². The lowest BCUT2D eigenvalue weighted by molar-refractivity contribution is -0.385. The lowest BCUT2D eigenvalue weighted by atomic mass is 10.1. The number of anilines is 1. The standard InChI is InChI=1S/C14H16N4O2/c1-4-15-14-16-10(3)13(18(19)20)12(17-14)11-7-5-6-9(2)8-11/h5-8H,4H2,1-3H3,(H,15,16,17). The van der Waals surface area contributed by atoms with E-state index in [-0.39, 0.29) is 5.69 Å². The van der Waals surface area contributed by atoms with Gasteiger partial charge in [0.25, 0.3) is 0 Å². The Bertz CT molecular complexity index is 656. The smallest absolute Gasteiger partial charge is 0.316 e. The molecule has 104 valence electrons. The van der Waals surface area contributed by atoms with E-state index in [0.717, 1.165) is 11.1 Å². The van der Waals surface area contributed by atoms with Crippen LogP contribution in [-0.4, -0.2) is 21.4 Å². The molecule has 0 radical (unpaired) electrons. The average molecular weight is 272 g/mol. The van der Waals surface area contributed by atoms with Gasteiger partial charge in [0.1, 0.15) is 5.69 Å². The Morgan fingerprint density at radius 3 is 2.65 bits per heavy atom. The van der Waals surface area contributed by atoms with E-state index in [1.165, 1.54) is 0 Å². The Morgan fingerprint density at radius 2 is 2.05 bits per heavy atom. The number of hydrogen-bond acceptors (Lipinski definition) is 5. The fraction of sp³-hybridized carbons (Fsp3) is 0.286. The second-order valence-corrected chi connectivity index (χ2v) is 4.49. The summed E-state index contributed by atoms with van der Waals surface area (Å²) in [6.45, 7) is 6.14. The SMILES string of the molecule is CCNc1nc(C)c([N+](=O)[O-])c(-c2cccc(C)c2)n1. The van der Waals surface area contributed by atoms with Crippen LogP contribution in [0, 0.1) is 24.0 Å². The fourth-order valence-electron chi connectivity index (χ4n) is 2.02. The van der Waals surface area contributed by atoms with Crippen molar-refractivity contribution in [1.82, 2.24) is 9.97 Å². The lowest BCUT2D eigenvalue weighted by Gasteiger charge is -2.08. The molecule has 0 fully saturated rings. The van der Waals surface area contributed by atoms with E-state index < -0.39 is 4.92 Å². The van der Waals surface area contributed by atoms with Gasteiger partial charge in [-0.15, -0.1) is 0 Å². The van der Waals surface area contributed by atoms with E-state index >= 15 is 0 Å². The third-order valence-electron chi connectivity index (χ3n) is 2.87. The number of aryl methyl sites for hydroxylation is 2. The van der Waals surface area contributed by atoms with Crippen LogP contribution in [0.5, 0.6) is 0 Å². The van der Waals surface area contributed by atoms with Crippen LogP contribution in [0.4, 0.5) is 11.6 Å². The Labute approximate surface area is 117 Å². The highest BCUT2D eigenvalue weighted by molar-refractivity contribution is 5.72. The highest BCUT2D eigenvalue weighted by Crippen LogP contribution is 2.31. The molecule has 0 spiro atoms. The van der Waals surface area contributed by atoms with E-state index in [0.29, 0.717) is 23.9 Å². The van der Waals surface area contributed by atoms with Gasteiger partial charge in [0, 0.05) is 12.1 Å². The minimum atomic E-state index is -0.428. The number of nitro groups is 1. The van der Waals surface area contributed by atoms with Crippen molar-refractivity contribution >= 4 is 11.6 Å². The number of rotatable bonds is 4. The molecule has 2 aromatic rings. The van der Waals surface area contributed by atoms with Gasteiger partial charge in [0.05, 0.1) is 4.92 Å². The maximum atomic E-state index is 11.3. The molecule has 20 heavy (non-hydrogen) atoms. The summed E-state index contributed by atoms with van der Waals surface area (Å²) in [5.74, 6) is 0.409. The first-order valence-electron chi connectivity index (χ1n) is 6.37. The van der Waals surface area contributed by atoms with E-state index in [2.05, 4.69) is 15.3 Å². The van der Waals surface area contributed by atoms with Crippen LogP contribution in [0.1, 0.15) is 18.2 Å². The molecule has 0 atom stereocenters. The summed E-state index contributed by atoms with van der Waals surface area (Å²) in [7, 11) is 0. The highest BCUT2D eigenvalue weighted by atomic mass is 16.6. The molecule has 1 heterocycles. The van der Waals surface area contributed by atoms with Crippen LogP contribution >= 0.6 is 0 Å². The third kappa shape index (κ3) is 2.74. The van der Waals surface area contributed by atoms with Crippen LogP contribution in [-0.2, 0) is 0 Å². The van der Waals surface area contributed by atoms with Crippen LogP contribution < -0.4 is 5.32 Å². The van der Waals surface area contributed by atoms with Gasteiger partial charge in [0.15, 0.2) is 5.69 Å². The minimum Gasteiger partial charge on any atom is -0.354 e. The predicted molar refractivity (Wildman–Crippen MR) is 77.8 cm³/mol.